The lowest BCUT2D eigenvalue weighted by Gasteiger charge is -2.09. The average Bonchev–Trinajstić information content (AvgIpc) is 2.26. The lowest BCUT2D eigenvalue weighted by atomic mass is 9.77. The zero-order valence-corrected chi connectivity index (χ0v) is 7.85. The first kappa shape index (κ1) is 10.9. The number of esters is 1. The van der Waals surface area contributed by atoms with E-state index in [2.05, 4.69) is 0 Å². The van der Waals surface area contributed by atoms with Crippen molar-refractivity contribution in [1.29, 1.82) is 0 Å². The number of hydrogen-bond donors (Lipinski definition) is 0. The first-order valence-corrected chi connectivity index (χ1v) is 4.40. The fourth-order valence-electron chi connectivity index (χ4n) is 0.932. The average molecular weight is 184 g/mol. The van der Waals surface area contributed by atoms with Gasteiger partial charge >= 0.3 is 0 Å². The molecule has 4 radical (unpaired) electrons. The summed E-state index contributed by atoms with van der Waals surface area (Å²) >= 11 is 0. The zero-order chi connectivity index (χ0) is 10.4. The molecule has 0 heterocycles. The van der Waals surface area contributed by atoms with E-state index >= 15 is 0 Å². The van der Waals surface area contributed by atoms with Gasteiger partial charge in [0.1, 0.15) is 6.61 Å². The van der Waals surface area contributed by atoms with Gasteiger partial charge in [-0.25, -0.2) is 0 Å². The molecule has 0 N–H and O–H groups in total. The van der Waals surface area contributed by atoms with Crippen LogP contribution in [0.25, 0.3) is 0 Å². The van der Waals surface area contributed by atoms with Crippen molar-refractivity contribution in [1.82, 2.24) is 0 Å². The predicted molar refractivity (Wildman–Crippen MR) is 56.3 cm³/mol. The standard InChI is InChI=1S/C10H10B2O2/c11-6-9(12)10(13)14-7-8-4-2-1-3-5-8/h1-5,9H,6-7H2. The number of benzene rings is 1. The van der Waals surface area contributed by atoms with Gasteiger partial charge in [-0.2, -0.15) is 0 Å². The molecular weight excluding hydrogens is 174 g/mol. The van der Waals surface area contributed by atoms with E-state index in [4.69, 9.17) is 20.4 Å². The van der Waals surface area contributed by atoms with E-state index in [9.17, 15) is 4.79 Å². The number of carbonyl (C=O) groups is 1. The molecule has 1 rings (SSSR count). The highest BCUT2D eigenvalue weighted by Crippen LogP contribution is 2.08. The van der Waals surface area contributed by atoms with E-state index in [0.717, 1.165) is 5.56 Å². The molecule has 1 aromatic rings. The van der Waals surface area contributed by atoms with Crippen molar-refractivity contribution in [2.45, 2.75) is 18.7 Å². The second kappa shape index (κ2) is 5.53. The van der Waals surface area contributed by atoms with Crippen molar-refractivity contribution in [3.63, 3.8) is 0 Å². The Hall–Kier alpha value is -1.18. The number of hydrogen-bond acceptors (Lipinski definition) is 2. The highest BCUT2D eigenvalue weighted by Gasteiger charge is 2.10. The van der Waals surface area contributed by atoms with E-state index in [0.29, 0.717) is 0 Å². The lowest BCUT2D eigenvalue weighted by Crippen LogP contribution is -2.12. The Bertz CT molecular complexity index is 287. The maximum atomic E-state index is 11.1. The summed E-state index contributed by atoms with van der Waals surface area (Å²) in [5.41, 5.74) is 0.935. The number of carbonyl (C=O) groups excluding carboxylic acids is 1. The summed E-state index contributed by atoms with van der Waals surface area (Å²) < 4.78 is 4.94. The summed E-state index contributed by atoms with van der Waals surface area (Å²) in [5, 5.41) is 0. The van der Waals surface area contributed by atoms with Gasteiger partial charge in [0.15, 0.2) is 0 Å². The van der Waals surface area contributed by atoms with Gasteiger partial charge in [-0.15, -0.1) is 0 Å². The summed E-state index contributed by atoms with van der Waals surface area (Å²) in [6.07, 6.45) is 0.105. The smallest absolute Gasteiger partial charge is 0.299 e. The Kier molecular flexibility index (Phi) is 4.30. The maximum Gasteiger partial charge on any atom is 0.299 e. The Morgan fingerprint density at radius 2 is 2.00 bits per heavy atom. The Balaban J connectivity index is 2.38. The summed E-state index contributed by atoms with van der Waals surface area (Å²) in [6.45, 7) is 0.243. The third kappa shape index (κ3) is 3.29. The van der Waals surface area contributed by atoms with Gasteiger partial charge in [-0.3, -0.25) is 4.79 Å². The zero-order valence-electron chi connectivity index (χ0n) is 7.85. The summed E-state index contributed by atoms with van der Waals surface area (Å²) in [5.74, 6) is -1.19. The minimum atomic E-state index is -0.723. The molecule has 0 aliphatic heterocycles. The molecule has 2 nitrogen and oxygen atoms in total. The van der Waals surface area contributed by atoms with Gasteiger partial charge in [0, 0.05) is 5.82 Å². The van der Waals surface area contributed by atoms with Crippen LogP contribution >= 0.6 is 0 Å². The lowest BCUT2D eigenvalue weighted by molar-refractivity contribution is -0.144. The summed E-state index contributed by atoms with van der Waals surface area (Å²) in [7, 11) is 10.6. The van der Waals surface area contributed by atoms with Crippen molar-refractivity contribution in [2.75, 3.05) is 0 Å². The van der Waals surface area contributed by atoms with Gasteiger partial charge < -0.3 is 4.74 Å². The van der Waals surface area contributed by atoms with Crippen LogP contribution in [0.2, 0.25) is 12.1 Å². The minimum Gasteiger partial charge on any atom is -0.461 e. The third-order valence-corrected chi connectivity index (χ3v) is 1.78. The molecule has 0 aliphatic carbocycles. The molecule has 14 heavy (non-hydrogen) atoms. The molecule has 1 unspecified atom stereocenters. The third-order valence-electron chi connectivity index (χ3n) is 1.78. The number of rotatable bonds is 4. The molecule has 0 saturated carbocycles. The molecule has 1 aromatic carbocycles. The van der Waals surface area contributed by atoms with E-state index in [1.54, 1.807) is 0 Å². The topological polar surface area (TPSA) is 26.3 Å². The molecule has 1 atom stereocenters. The molecule has 0 amide bonds. The SMILES string of the molecule is [B]CC([B])C(=O)OCc1ccccc1. The van der Waals surface area contributed by atoms with Gasteiger partial charge in [0.2, 0.25) is 0 Å². The molecule has 0 aromatic heterocycles. The van der Waals surface area contributed by atoms with Crippen LogP contribution in [-0.4, -0.2) is 21.7 Å². The van der Waals surface area contributed by atoms with E-state index < -0.39 is 11.8 Å². The van der Waals surface area contributed by atoms with Crippen molar-refractivity contribution >= 4 is 21.7 Å². The highest BCUT2D eigenvalue weighted by molar-refractivity contribution is 6.27. The summed E-state index contributed by atoms with van der Waals surface area (Å²) in [4.78, 5) is 11.1. The monoisotopic (exact) mass is 184 g/mol. The first-order valence-electron chi connectivity index (χ1n) is 4.40. The molecule has 0 bridgehead atoms. The van der Waals surface area contributed by atoms with Crippen molar-refractivity contribution in [3.05, 3.63) is 35.9 Å². The second-order valence-corrected chi connectivity index (χ2v) is 2.94. The van der Waals surface area contributed by atoms with Crippen LogP contribution in [0.5, 0.6) is 0 Å². The van der Waals surface area contributed by atoms with Gasteiger partial charge in [-0.05, 0) is 5.56 Å². The molecule has 4 heteroatoms. The minimum absolute atomic E-state index is 0.105. The molecule has 0 saturated heterocycles. The fraction of sp³-hybridized carbons (Fsp3) is 0.300. The van der Waals surface area contributed by atoms with Crippen LogP contribution in [-0.2, 0) is 16.1 Å². The largest absolute Gasteiger partial charge is 0.461 e. The Morgan fingerprint density at radius 1 is 1.36 bits per heavy atom. The van der Waals surface area contributed by atoms with Gasteiger partial charge in [-0.1, -0.05) is 36.7 Å². The van der Waals surface area contributed by atoms with Crippen molar-refractivity contribution < 1.29 is 9.53 Å². The van der Waals surface area contributed by atoms with Crippen LogP contribution < -0.4 is 0 Å². The summed E-state index contributed by atoms with van der Waals surface area (Å²) in [6, 6.07) is 9.41. The van der Waals surface area contributed by atoms with Gasteiger partial charge in [0.25, 0.3) is 5.97 Å². The van der Waals surface area contributed by atoms with Crippen LogP contribution in [0.3, 0.4) is 0 Å². The first-order chi connectivity index (χ1) is 6.74. The van der Waals surface area contributed by atoms with Crippen LogP contribution in [0, 0.1) is 0 Å². The Morgan fingerprint density at radius 3 is 2.57 bits per heavy atom. The molecule has 0 fully saturated rings. The molecule has 0 spiro atoms. The Labute approximate surface area is 86.5 Å². The van der Waals surface area contributed by atoms with Crippen molar-refractivity contribution in [2.24, 2.45) is 0 Å². The second-order valence-electron chi connectivity index (χ2n) is 2.94. The van der Waals surface area contributed by atoms with E-state index in [1.807, 2.05) is 30.3 Å². The van der Waals surface area contributed by atoms with Crippen LogP contribution in [0.1, 0.15) is 5.56 Å². The molecule has 68 valence electrons. The fourth-order valence-corrected chi connectivity index (χ4v) is 0.932. The van der Waals surface area contributed by atoms with E-state index in [-0.39, 0.29) is 12.9 Å². The predicted octanol–water partition coefficient (Wildman–Crippen LogP) is 1.27. The normalized spacial score (nSPS) is 12.0. The van der Waals surface area contributed by atoms with Crippen LogP contribution in [0.15, 0.2) is 30.3 Å². The van der Waals surface area contributed by atoms with E-state index in [1.165, 1.54) is 0 Å². The maximum absolute atomic E-state index is 11.1. The van der Waals surface area contributed by atoms with Crippen molar-refractivity contribution in [3.8, 4) is 0 Å². The molecule has 0 aliphatic rings. The highest BCUT2D eigenvalue weighted by atomic mass is 16.5. The molecular formula is C10H10B2O2. The quantitative estimate of drug-likeness (QED) is 0.520. The number of ether oxygens (including phenoxy) is 1. The van der Waals surface area contributed by atoms with Crippen LogP contribution in [0.4, 0.5) is 0 Å². The van der Waals surface area contributed by atoms with Gasteiger partial charge in [0.05, 0.1) is 15.7 Å².